The molecule has 0 radical (unpaired) electrons. The molecule has 0 aliphatic carbocycles. The Hall–Kier alpha value is -0.360. The van der Waals surface area contributed by atoms with E-state index in [1.807, 2.05) is 27.7 Å². The molecule has 0 atom stereocenters. The van der Waals surface area contributed by atoms with Gasteiger partial charge in [-0.05, 0) is 0 Å². The maximum Gasteiger partial charge on any atom is 0.308 e. The third-order valence-electron chi connectivity index (χ3n) is 1.85. The molecule has 0 aliphatic heterocycles. The number of carbonyl (C=O) groups is 2. The van der Waals surface area contributed by atoms with Crippen LogP contribution in [0.15, 0.2) is 0 Å². The second-order valence-electron chi connectivity index (χ2n) is 4.29. The van der Waals surface area contributed by atoms with Crippen molar-refractivity contribution in [2.45, 2.75) is 27.7 Å². The van der Waals surface area contributed by atoms with Gasteiger partial charge in [0.05, 0.1) is 11.8 Å². The highest BCUT2D eigenvalue weighted by molar-refractivity contribution is 8.76. The first-order valence-electron chi connectivity index (χ1n) is 6.02. The molecule has 0 aliphatic rings. The van der Waals surface area contributed by atoms with E-state index in [0.717, 1.165) is 11.5 Å². The Labute approximate surface area is 117 Å². The van der Waals surface area contributed by atoms with Gasteiger partial charge >= 0.3 is 11.9 Å². The number of esters is 2. The van der Waals surface area contributed by atoms with Crippen LogP contribution < -0.4 is 0 Å². The molecule has 0 aromatic carbocycles. The summed E-state index contributed by atoms with van der Waals surface area (Å²) < 4.78 is 10.0. The number of ether oxygens (including phenoxy) is 2. The predicted octanol–water partition coefficient (Wildman–Crippen LogP) is 2.77. The molecule has 106 valence electrons. The van der Waals surface area contributed by atoms with Gasteiger partial charge in [-0.2, -0.15) is 0 Å². The molecule has 0 aromatic rings. The van der Waals surface area contributed by atoms with E-state index in [2.05, 4.69) is 0 Å². The van der Waals surface area contributed by atoms with Crippen molar-refractivity contribution < 1.29 is 19.1 Å². The Morgan fingerprint density at radius 2 is 1.17 bits per heavy atom. The molecular formula is C12H22O4S2. The van der Waals surface area contributed by atoms with E-state index in [0.29, 0.717) is 13.2 Å². The summed E-state index contributed by atoms with van der Waals surface area (Å²) in [7, 11) is 3.23. The van der Waals surface area contributed by atoms with Crippen molar-refractivity contribution in [3.05, 3.63) is 0 Å². The van der Waals surface area contributed by atoms with Gasteiger partial charge in [0.15, 0.2) is 0 Å². The number of carbonyl (C=O) groups excluding carboxylic acids is 2. The van der Waals surface area contributed by atoms with Gasteiger partial charge in [0.25, 0.3) is 0 Å². The fourth-order valence-corrected chi connectivity index (χ4v) is 2.46. The van der Waals surface area contributed by atoms with Crippen LogP contribution in [0.25, 0.3) is 0 Å². The van der Waals surface area contributed by atoms with E-state index < -0.39 is 0 Å². The summed E-state index contributed by atoms with van der Waals surface area (Å²) in [6.45, 7) is 8.11. The Balaban J connectivity index is 3.27. The minimum absolute atomic E-state index is 0.0712. The molecule has 0 fully saturated rings. The smallest absolute Gasteiger partial charge is 0.308 e. The summed E-state index contributed by atoms with van der Waals surface area (Å²) in [4.78, 5) is 22.2. The molecule has 0 amide bonds. The van der Waals surface area contributed by atoms with Crippen LogP contribution in [-0.4, -0.2) is 36.7 Å². The lowest BCUT2D eigenvalue weighted by Crippen LogP contribution is -2.13. The molecule has 0 heterocycles. The highest BCUT2D eigenvalue weighted by atomic mass is 33.1. The highest BCUT2D eigenvalue weighted by Gasteiger charge is 2.08. The Morgan fingerprint density at radius 1 is 0.833 bits per heavy atom. The third kappa shape index (κ3) is 9.65. The molecule has 0 rings (SSSR count). The lowest BCUT2D eigenvalue weighted by atomic mass is 10.2. The molecule has 0 saturated carbocycles. The summed E-state index contributed by atoms with van der Waals surface area (Å²) in [5.74, 6) is 1.04. The standard InChI is InChI=1S/C12H22O4S2/c1-9(2)11(13)15-5-7-17-18-8-6-16-12(14)10(3)4/h9-10H,5-8H2,1-4H3. The van der Waals surface area contributed by atoms with Crippen LogP contribution in [0, 0.1) is 11.8 Å². The molecule has 18 heavy (non-hydrogen) atoms. The molecule has 0 aromatic heterocycles. The van der Waals surface area contributed by atoms with Gasteiger partial charge in [-0.25, -0.2) is 0 Å². The van der Waals surface area contributed by atoms with Gasteiger partial charge in [-0.3, -0.25) is 9.59 Å². The topological polar surface area (TPSA) is 52.6 Å². The van der Waals surface area contributed by atoms with Gasteiger partial charge < -0.3 is 9.47 Å². The third-order valence-corrected chi connectivity index (χ3v) is 4.18. The van der Waals surface area contributed by atoms with Gasteiger partial charge in [0.1, 0.15) is 13.2 Å². The fourth-order valence-electron chi connectivity index (χ4n) is 0.804. The number of hydrogen-bond acceptors (Lipinski definition) is 6. The van der Waals surface area contributed by atoms with Gasteiger partial charge in [-0.1, -0.05) is 49.3 Å². The minimum atomic E-state index is -0.161. The summed E-state index contributed by atoms with van der Waals surface area (Å²) in [6.07, 6.45) is 0. The van der Waals surface area contributed by atoms with Crippen molar-refractivity contribution in [1.29, 1.82) is 0 Å². The molecule has 0 unspecified atom stereocenters. The zero-order valence-electron chi connectivity index (χ0n) is 11.4. The molecule has 4 nitrogen and oxygen atoms in total. The van der Waals surface area contributed by atoms with E-state index in [1.54, 1.807) is 21.6 Å². The first kappa shape index (κ1) is 17.6. The van der Waals surface area contributed by atoms with Crippen LogP contribution in [-0.2, 0) is 19.1 Å². The van der Waals surface area contributed by atoms with Gasteiger partial charge in [0, 0.05) is 11.5 Å². The summed E-state index contributed by atoms with van der Waals surface area (Å²) in [6, 6.07) is 0. The zero-order valence-corrected chi connectivity index (χ0v) is 13.1. The lowest BCUT2D eigenvalue weighted by Gasteiger charge is -2.07. The zero-order chi connectivity index (χ0) is 14.0. The lowest BCUT2D eigenvalue weighted by molar-refractivity contribution is -0.147. The summed E-state index contributed by atoms with van der Waals surface area (Å²) in [5, 5.41) is 0. The molecular weight excluding hydrogens is 272 g/mol. The normalized spacial score (nSPS) is 10.8. The maximum atomic E-state index is 11.1. The first-order chi connectivity index (χ1) is 8.45. The number of rotatable bonds is 9. The molecule has 0 saturated heterocycles. The molecule has 0 N–H and O–H groups in total. The van der Waals surface area contributed by atoms with Crippen LogP contribution >= 0.6 is 21.6 Å². The summed E-state index contributed by atoms with van der Waals surface area (Å²) in [5.41, 5.74) is 0. The van der Waals surface area contributed by atoms with Crippen LogP contribution in [0.4, 0.5) is 0 Å². The van der Waals surface area contributed by atoms with Crippen molar-refractivity contribution in [2.24, 2.45) is 11.8 Å². The maximum absolute atomic E-state index is 11.1. The van der Waals surface area contributed by atoms with Gasteiger partial charge in [-0.15, -0.1) is 0 Å². The summed E-state index contributed by atoms with van der Waals surface area (Å²) >= 11 is 0. The quantitative estimate of drug-likeness (QED) is 0.370. The fraction of sp³-hybridized carbons (Fsp3) is 0.833. The Bertz CT molecular complexity index is 228. The average molecular weight is 294 g/mol. The SMILES string of the molecule is CC(C)C(=O)OCCSSCCOC(=O)C(C)C. The average Bonchev–Trinajstić information content (AvgIpc) is 2.31. The second kappa shape index (κ2) is 10.6. The van der Waals surface area contributed by atoms with Crippen LogP contribution in [0.3, 0.4) is 0 Å². The molecule has 6 heteroatoms. The first-order valence-corrected chi connectivity index (χ1v) is 8.51. The van der Waals surface area contributed by atoms with E-state index in [1.165, 1.54) is 0 Å². The Morgan fingerprint density at radius 3 is 1.44 bits per heavy atom. The number of hydrogen-bond donors (Lipinski definition) is 0. The van der Waals surface area contributed by atoms with Crippen molar-refractivity contribution in [1.82, 2.24) is 0 Å². The second-order valence-corrected chi connectivity index (χ2v) is 6.99. The van der Waals surface area contributed by atoms with Crippen molar-refractivity contribution in [2.75, 3.05) is 24.7 Å². The largest absolute Gasteiger partial charge is 0.465 e. The van der Waals surface area contributed by atoms with E-state index in [4.69, 9.17) is 9.47 Å². The predicted molar refractivity (Wildman–Crippen MR) is 76.5 cm³/mol. The minimum Gasteiger partial charge on any atom is -0.465 e. The Kier molecular flexibility index (Phi) is 10.3. The van der Waals surface area contributed by atoms with Crippen molar-refractivity contribution >= 4 is 33.5 Å². The molecule has 0 bridgehead atoms. The monoisotopic (exact) mass is 294 g/mol. The van der Waals surface area contributed by atoms with Crippen LogP contribution in [0.1, 0.15) is 27.7 Å². The van der Waals surface area contributed by atoms with E-state index in [9.17, 15) is 9.59 Å². The van der Waals surface area contributed by atoms with Crippen molar-refractivity contribution in [3.63, 3.8) is 0 Å². The van der Waals surface area contributed by atoms with E-state index >= 15 is 0 Å². The van der Waals surface area contributed by atoms with Gasteiger partial charge in [0.2, 0.25) is 0 Å². The van der Waals surface area contributed by atoms with Crippen molar-refractivity contribution in [3.8, 4) is 0 Å². The highest BCUT2D eigenvalue weighted by Crippen LogP contribution is 2.20. The van der Waals surface area contributed by atoms with Crippen LogP contribution in [0.5, 0.6) is 0 Å². The molecule has 0 spiro atoms. The van der Waals surface area contributed by atoms with Crippen LogP contribution in [0.2, 0.25) is 0 Å². The van der Waals surface area contributed by atoms with E-state index in [-0.39, 0.29) is 23.8 Å².